The van der Waals surface area contributed by atoms with Gasteiger partial charge in [0.05, 0.1) is 5.69 Å². The van der Waals surface area contributed by atoms with E-state index in [1.54, 1.807) is 6.07 Å². The summed E-state index contributed by atoms with van der Waals surface area (Å²) in [7, 11) is 0. The molecule has 19 heavy (non-hydrogen) atoms. The van der Waals surface area contributed by atoms with Crippen LogP contribution in [0.2, 0.25) is 0 Å². The molecule has 2 N–H and O–H groups in total. The molecule has 3 aromatic rings. The number of hydrogen-bond acceptors (Lipinski definition) is 2. The van der Waals surface area contributed by atoms with Crippen LogP contribution in [0.4, 0.5) is 5.69 Å². The predicted molar refractivity (Wildman–Crippen MR) is 77.4 cm³/mol. The number of carbonyl (C=O) groups is 1. The predicted octanol–water partition coefficient (Wildman–Crippen LogP) is 3.66. The smallest absolute Gasteiger partial charge is 0.221 e. The summed E-state index contributed by atoms with van der Waals surface area (Å²) in [5.41, 5.74) is 0.440. The van der Waals surface area contributed by atoms with Crippen LogP contribution in [-0.2, 0) is 4.79 Å². The molecule has 0 spiro atoms. The van der Waals surface area contributed by atoms with E-state index in [4.69, 9.17) is 0 Å². The molecule has 3 aromatic carbocycles. The maximum absolute atomic E-state index is 11.1. The lowest BCUT2D eigenvalue weighted by molar-refractivity contribution is -0.114. The normalized spacial score (nSPS) is 10.8. The van der Waals surface area contributed by atoms with Crippen molar-refractivity contribution in [1.82, 2.24) is 0 Å². The van der Waals surface area contributed by atoms with Gasteiger partial charge in [-0.3, -0.25) is 4.79 Å². The Kier molecular flexibility index (Phi) is 2.60. The first-order valence-corrected chi connectivity index (χ1v) is 6.07. The molecule has 3 rings (SSSR count). The van der Waals surface area contributed by atoms with Crippen LogP contribution in [0.3, 0.4) is 0 Å². The van der Waals surface area contributed by atoms with Crippen LogP contribution in [0.15, 0.2) is 48.5 Å². The molecular formula is C16H13NO2. The molecule has 0 fully saturated rings. The van der Waals surface area contributed by atoms with Gasteiger partial charge in [0, 0.05) is 12.3 Å². The maximum Gasteiger partial charge on any atom is 0.221 e. The highest BCUT2D eigenvalue weighted by atomic mass is 16.3. The van der Waals surface area contributed by atoms with Crippen molar-refractivity contribution >= 4 is 33.1 Å². The number of fused-ring (bicyclic) bond motifs is 2. The number of benzene rings is 3. The average Bonchev–Trinajstić information content (AvgIpc) is 2.40. The van der Waals surface area contributed by atoms with Crippen molar-refractivity contribution in [2.24, 2.45) is 0 Å². The van der Waals surface area contributed by atoms with Gasteiger partial charge in [-0.2, -0.15) is 0 Å². The first-order chi connectivity index (χ1) is 9.15. The summed E-state index contributed by atoms with van der Waals surface area (Å²) in [6.45, 7) is 1.42. The first kappa shape index (κ1) is 11.5. The lowest BCUT2D eigenvalue weighted by Crippen LogP contribution is -2.05. The van der Waals surface area contributed by atoms with E-state index in [0.29, 0.717) is 5.69 Å². The molecule has 0 saturated heterocycles. The molecule has 1 amide bonds. The summed E-state index contributed by atoms with van der Waals surface area (Å²) in [6.07, 6.45) is 0. The van der Waals surface area contributed by atoms with Crippen LogP contribution in [0.25, 0.3) is 21.5 Å². The Morgan fingerprint density at radius 1 is 1.00 bits per heavy atom. The second-order valence-corrected chi connectivity index (χ2v) is 4.56. The van der Waals surface area contributed by atoms with E-state index in [9.17, 15) is 9.90 Å². The molecule has 0 bridgehead atoms. The molecule has 0 saturated carbocycles. The molecular weight excluding hydrogens is 238 g/mol. The fourth-order valence-electron chi connectivity index (χ4n) is 2.29. The van der Waals surface area contributed by atoms with Gasteiger partial charge < -0.3 is 10.4 Å². The van der Waals surface area contributed by atoms with Crippen LogP contribution in [0, 0.1) is 0 Å². The van der Waals surface area contributed by atoms with Crippen molar-refractivity contribution in [2.45, 2.75) is 6.92 Å². The fraction of sp³-hybridized carbons (Fsp3) is 0.0625. The summed E-state index contributed by atoms with van der Waals surface area (Å²) in [6, 6.07) is 15.6. The first-order valence-electron chi connectivity index (χ1n) is 6.07. The van der Waals surface area contributed by atoms with E-state index in [1.807, 2.05) is 42.5 Å². The topological polar surface area (TPSA) is 49.3 Å². The number of amides is 1. The SMILES string of the molecule is CC(=O)Nc1ccc2cc3ccccc3cc2c1O. The Morgan fingerprint density at radius 3 is 2.37 bits per heavy atom. The monoisotopic (exact) mass is 251 g/mol. The Hall–Kier alpha value is -2.55. The van der Waals surface area contributed by atoms with E-state index in [2.05, 4.69) is 5.32 Å². The van der Waals surface area contributed by atoms with Crippen molar-refractivity contribution in [3.8, 4) is 5.75 Å². The van der Waals surface area contributed by atoms with Gasteiger partial charge >= 0.3 is 0 Å². The number of hydrogen-bond donors (Lipinski definition) is 2. The summed E-state index contributed by atoms with van der Waals surface area (Å²) >= 11 is 0. The largest absolute Gasteiger partial charge is 0.505 e. The fourth-order valence-corrected chi connectivity index (χ4v) is 2.29. The van der Waals surface area contributed by atoms with Gasteiger partial charge in [0.25, 0.3) is 0 Å². The molecule has 3 heteroatoms. The number of anilines is 1. The lowest BCUT2D eigenvalue weighted by atomic mass is 10.0. The third kappa shape index (κ3) is 1.99. The quantitative estimate of drug-likeness (QED) is 0.512. The highest BCUT2D eigenvalue weighted by Gasteiger charge is 2.08. The molecule has 0 aliphatic rings. The highest BCUT2D eigenvalue weighted by Crippen LogP contribution is 2.35. The third-order valence-corrected chi connectivity index (χ3v) is 3.17. The zero-order valence-electron chi connectivity index (χ0n) is 10.5. The molecule has 0 unspecified atom stereocenters. The van der Waals surface area contributed by atoms with Gasteiger partial charge in [-0.25, -0.2) is 0 Å². The molecule has 0 radical (unpaired) electrons. The second kappa shape index (κ2) is 4.28. The van der Waals surface area contributed by atoms with E-state index in [-0.39, 0.29) is 11.7 Å². The molecule has 3 nitrogen and oxygen atoms in total. The van der Waals surface area contributed by atoms with Gasteiger partial charge in [-0.15, -0.1) is 0 Å². The van der Waals surface area contributed by atoms with Crippen molar-refractivity contribution in [2.75, 3.05) is 5.32 Å². The van der Waals surface area contributed by atoms with Gasteiger partial charge in [0.1, 0.15) is 5.75 Å². The minimum absolute atomic E-state index is 0.110. The highest BCUT2D eigenvalue weighted by molar-refractivity contribution is 6.04. The summed E-state index contributed by atoms with van der Waals surface area (Å²) in [4.78, 5) is 11.1. The number of phenols is 1. The maximum atomic E-state index is 11.1. The summed E-state index contributed by atoms with van der Waals surface area (Å²) < 4.78 is 0. The molecule has 0 aliphatic carbocycles. The van der Waals surface area contributed by atoms with Crippen molar-refractivity contribution in [3.05, 3.63) is 48.5 Å². The van der Waals surface area contributed by atoms with Crippen molar-refractivity contribution in [3.63, 3.8) is 0 Å². The number of phenolic OH excluding ortho intramolecular Hbond substituents is 1. The van der Waals surface area contributed by atoms with Crippen molar-refractivity contribution in [1.29, 1.82) is 0 Å². The molecule has 94 valence electrons. The van der Waals surface area contributed by atoms with Crippen LogP contribution in [0.5, 0.6) is 5.75 Å². The molecule has 0 aromatic heterocycles. The van der Waals surface area contributed by atoms with Crippen LogP contribution >= 0.6 is 0 Å². The van der Waals surface area contributed by atoms with Crippen LogP contribution in [-0.4, -0.2) is 11.0 Å². The molecule has 0 heterocycles. The third-order valence-electron chi connectivity index (χ3n) is 3.17. The molecule has 0 aliphatic heterocycles. The van der Waals surface area contributed by atoms with Crippen molar-refractivity contribution < 1.29 is 9.90 Å². The van der Waals surface area contributed by atoms with Crippen LogP contribution in [0.1, 0.15) is 6.92 Å². The van der Waals surface area contributed by atoms with E-state index in [1.165, 1.54) is 6.92 Å². The Labute approximate surface area is 110 Å². The van der Waals surface area contributed by atoms with E-state index < -0.39 is 0 Å². The number of nitrogens with one attached hydrogen (secondary N) is 1. The number of rotatable bonds is 1. The zero-order chi connectivity index (χ0) is 13.4. The summed E-state index contributed by atoms with van der Waals surface area (Å²) in [5, 5.41) is 16.7. The minimum Gasteiger partial charge on any atom is -0.505 e. The standard InChI is InChI=1S/C16H13NO2/c1-10(18)17-15-7-6-13-8-11-4-2-3-5-12(11)9-14(13)16(15)19/h2-9,19H,1H3,(H,17,18). The number of aromatic hydroxyl groups is 1. The Balaban J connectivity index is 2.29. The van der Waals surface area contributed by atoms with Gasteiger partial charge in [0.2, 0.25) is 5.91 Å². The lowest BCUT2D eigenvalue weighted by Gasteiger charge is -2.09. The Bertz CT molecular complexity index is 793. The van der Waals surface area contributed by atoms with Gasteiger partial charge in [-0.1, -0.05) is 30.3 Å². The minimum atomic E-state index is -0.199. The van der Waals surface area contributed by atoms with E-state index >= 15 is 0 Å². The zero-order valence-corrected chi connectivity index (χ0v) is 10.5. The Morgan fingerprint density at radius 2 is 1.68 bits per heavy atom. The second-order valence-electron chi connectivity index (χ2n) is 4.56. The van der Waals surface area contributed by atoms with Crippen LogP contribution < -0.4 is 5.32 Å². The average molecular weight is 251 g/mol. The van der Waals surface area contributed by atoms with Gasteiger partial charge in [-0.05, 0) is 34.4 Å². The summed E-state index contributed by atoms with van der Waals surface area (Å²) in [5.74, 6) is -0.0890. The van der Waals surface area contributed by atoms with Gasteiger partial charge in [0.15, 0.2) is 0 Å². The molecule has 0 atom stereocenters. The van der Waals surface area contributed by atoms with E-state index in [0.717, 1.165) is 21.5 Å². The number of carbonyl (C=O) groups excluding carboxylic acids is 1.